The zero-order chi connectivity index (χ0) is 28.1. The van der Waals surface area contributed by atoms with Gasteiger partial charge in [-0.15, -0.1) is 0 Å². The zero-order valence-corrected chi connectivity index (χ0v) is 24.1. The second-order valence-electron chi connectivity index (χ2n) is 10.2. The summed E-state index contributed by atoms with van der Waals surface area (Å²) in [6.07, 6.45) is 0.713. The summed E-state index contributed by atoms with van der Waals surface area (Å²) in [6, 6.07) is 21.9. The standard InChI is InChI=1S/C32H33BrN2O5/c1-22-5-2-6-23(19-22)21-40-27-11-9-24(10-12-27)30(36)28-29(25-7-3-8-26(33)20-25)35(32(38)31(28)37)14-4-13-34-15-17-39-18-16-34/h2-3,5-12,19-20,29,36H,4,13-18,21H2,1H3/b30-28+. The molecule has 1 amide bonds. The maximum absolute atomic E-state index is 13.3. The third-order valence-electron chi connectivity index (χ3n) is 7.30. The summed E-state index contributed by atoms with van der Waals surface area (Å²) < 4.78 is 12.2. The predicted octanol–water partition coefficient (Wildman–Crippen LogP) is 5.48. The number of aliphatic hydroxyl groups is 1. The van der Waals surface area contributed by atoms with Crippen LogP contribution in [-0.4, -0.2) is 66.0 Å². The number of carbonyl (C=O) groups excluding carboxylic acids is 2. The first-order valence-electron chi connectivity index (χ1n) is 13.5. The Morgan fingerprint density at radius 3 is 2.48 bits per heavy atom. The number of carbonyl (C=O) groups is 2. The van der Waals surface area contributed by atoms with Gasteiger partial charge in [-0.25, -0.2) is 0 Å². The fourth-order valence-electron chi connectivity index (χ4n) is 5.26. The third-order valence-corrected chi connectivity index (χ3v) is 7.79. The number of ketones is 1. The minimum Gasteiger partial charge on any atom is -0.507 e. The Labute approximate surface area is 243 Å². The van der Waals surface area contributed by atoms with Crippen LogP contribution in [0.2, 0.25) is 0 Å². The Kier molecular flexibility index (Phi) is 8.99. The molecule has 2 saturated heterocycles. The number of likely N-dealkylation sites (tertiary alicyclic amines) is 1. The van der Waals surface area contributed by atoms with Gasteiger partial charge in [0.05, 0.1) is 24.8 Å². The highest BCUT2D eigenvalue weighted by Gasteiger charge is 2.45. The molecule has 0 bridgehead atoms. The van der Waals surface area contributed by atoms with Gasteiger partial charge in [0, 0.05) is 36.2 Å². The SMILES string of the molecule is Cc1cccc(COc2ccc(/C(O)=C3\C(=O)C(=O)N(CCCN4CCOCC4)C3c3cccc(Br)c3)cc2)c1. The molecular formula is C32H33BrN2O5. The molecule has 3 aromatic rings. The van der Waals surface area contributed by atoms with Crippen LogP contribution >= 0.6 is 15.9 Å². The first-order chi connectivity index (χ1) is 19.4. The normalized spacial score (nSPS) is 19.2. The van der Waals surface area contributed by atoms with E-state index in [1.165, 1.54) is 5.56 Å². The molecule has 208 valence electrons. The Hall–Kier alpha value is -3.46. The molecule has 8 heteroatoms. The fourth-order valence-corrected chi connectivity index (χ4v) is 5.67. The van der Waals surface area contributed by atoms with E-state index < -0.39 is 17.7 Å². The summed E-state index contributed by atoms with van der Waals surface area (Å²) in [5.74, 6) is -0.811. The van der Waals surface area contributed by atoms with Crippen molar-refractivity contribution in [3.05, 3.63) is 105 Å². The Bertz CT molecular complexity index is 1400. The van der Waals surface area contributed by atoms with Gasteiger partial charge in [-0.2, -0.15) is 0 Å². The molecule has 2 aliphatic rings. The van der Waals surface area contributed by atoms with Gasteiger partial charge in [-0.1, -0.05) is 57.9 Å². The van der Waals surface area contributed by atoms with Crippen LogP contribution < -0.4 is 4.74 Å². The summed E-state index contributed by atoms with van der Waals surface area (Å²) in [7, 11) is 0. The Morgan fingerprint density at radius 2 is 1.75 bits per heavy atom. The predicted molar refractivity (Wildman–Crippen MR) is 157 cm³/mol. The van der Waals surface area contributed by atoms with Crippen LogP contribution in [0.15, 0.2) is 82.8 Å². The van der Waals surface area contributed by atoms with Gasteiger partial charge in [-0.05, 0) is 60.9 Å². The van der Waals surface area contributed by atoms with Crippen LogP contribution in [0.5, 0.6) is 5.75 Å². The summed E-state index contributed by atoms with van der Waals surface area (Å²) in [5, 5.41) is 11.4. The van der Waals surface area contributed by atoms with Gasteiger partial charge in [0.15, 0.2) is 0 Å². The van der Waals surface area contributed by atoms with E-state index in [0.29, 0.717) is 44.1 Å². The van der Waals surface area contributed by atoms with Gasteiger partial charge in [0.2, 0.25) is 0 Å². The van der Waals surface area contributed by atoms with Crippen LogP contribution in [0.25, 0.3) is 5.76 Å². The van der Waals surface area contributed by atoms with Gasteiger partial charge in [0.1, 0.15) is 18.1 Å². The molecule has 0 radical (unpaired) electrons. The Balaban J connectivity index is 1.38. The molecule has 0 aliphatic carbocycles. The lowest BCUT2D eigenvalue weighted by molar-refractivity contribution is -0.140. The van der Waals surface area contributed by atoms with Gasteiger partial charge < -0.3 is 19.5 Å². The number of hydrogen-bond donors (Lipinski definition) is 1. The molecule has 3 aromatic carbocycles. The van der Waals surface area contributed by atoms with Crippen molar-refractivity contribution >= 4 is 33.4 Å². The van der Waals surface area contributed by atoms with E-state index in [-0.39, 0.29) is 11.3 Å². The third kappa shape index (κ3) is 6.46. The largest absolute Gasteiger partial charge is 0.507 e. The minimum absolute atomic E-state index is 0.0999. The summed E-state index contributed by atoms with van der Waals surface area (Å²) in [6.45, 7) is 6.80. The van der Waals surface area contributed by atoms with E-state index in [2.05, 4.69) is 26.9 Å². The van der Waals surface area contributed by atoms with Gasteiger partial charge in [0.25, 0.3) is 11.7 Å². The van der Waals surface area contributed by atoms with E-state index in [1.54, 1.807) is 29.2 Å². The average molecular weight is 606 g/mol. The van der Waals surface area contributed by atoms with Crippen LogP contribution in [0.4, 0.5) is 0 Å². The number of nitrogens with zero attached hydrogens (tertiary/aromatic N) is 2. The Morgan fingerprint density at radius 1 is 1.00 bits per heavy atom. The molecule has 0 spiro atoms. The van der Waals surface area contributed by atoms with E-state index >= 15 is 0 Å². The highest BCUT2D eigenvalue weighted by Crippen LogP contribution is 2.40. The van der Waals surface area contributed by atoms with Crippen molar-refractivity contribution in [3.8, 4) is 5.75 Å². The quantitative estimate of drug-likeness (QED) is 0.198. The monoisotopic (exact) mass is 604 g/mol. The number of Topliss-reactive ketones (excluding diaryl/α,β-unsaturated/α-hetero) is 1. The number of rotatable bonds is 9. The molecule has 2 fully saturated rings. The summed E-state index contributed by atoms with van der Waals surface area (Å²) in [4.78, 5) is 30.5. The number of halogens is 1. The lowest BCUT2D eigenvalue weighted by atomic mass is 9.95. The number of aryl methyl sites for hydroxylation is 1. The van der Waals surface area contributed by atoms with E-state index in [1.807, 2.05) is 49.4 Å². The maximum Gasteiger partial charge on any atom is 0.295 e. The lowest BCUT2D eigenvalue weighted by Gasteiger charge is -2.29. The van der Waals surface area contributed by atoms with Crippen molar-refractivity contribution < 1.29 is 24.2 Å². The van der Waals surface area contributed by atoms with E-state index in [0.717, 1.165) is 35.2 Å². The first kappa shape index (κ1) is 28.1. The van der Waals surface area contributed by atoms with Crippen molar-refractivity contribution in [2.75, 3.05) is 39.4 Å². The average Bonchev–Trinajstić information content (AvgIpc) is 3.22. The molecule has 7 nitrogen and oxygen atoms in total. The van der Waals surface area contributed by atoms with Crippen LogP contribution in [0.1, 0.15) is 34.7 Å². The summed E-state index contributed by atoms with van der Waals surface area (Å²) >= 11 is 3.51. The molecule has 2 heterocycles. The molecular weight excluding hydrogens is 572 g/mol. The zero-order valence-electron chi connectivity index (χ0n) is 22.5. The molecule has 1 N–H and O–H groups in total. The maximum atomic E-state index is 13.3. The lowest BCUT2D eigenvalue weighted by Crippen LogP contribution is -2.38. The second-order valence-corrected chi connectivity index (χ2v) is 11.1. The highest BCUT2D eigenvalue weighted by molar-refractivity contribution is 9.10. The molecule has 1 atom stereocenters. The second kappa shape index (κ2) is 12.8. The number of hydrogen-bond acceptors (Lipinski definition) is 6. The van der Waals surface area contributed by atoms with Crippen molar-refractivity contribution in [3.63, 3.8) is 0 Å². The van der Waals surface area contributed by atoms with Crippen LogP contribution in [0, 0.1) is 6.92 Å². The van der Waals surface area contributed by atoms with Crippen LogP contribution in [0.3, 0.4) is 0 Å². The number of morpholine rings is 1. The molecule has 1 unspecified atom stereocenters. The molecule has 0 aromatic heterocycles. The first-order valence-corrected chi connectivity index (χ1v) is 14.3. The minimum atomic E-state index is -0.681. The highest BCUT2D eigenvalue weighted by atomic mass is 79.9. The topological polar surface area (TPSA) is 79.3 Å². The van der Waals surface area contributed by atoms with Gasteiger partial charge >= 0.3 is 0 Å². The van der Waals surface area contributed by atoms with Gasteiger partial charge in [-0.3, -0.25) is 14.5 Å². The van der Waals surface area contributed by atoms with Crippen molar-refractivity contribution in [1.29, 1.82) is 0 Å². The number of amides is 1. The van der Waals surface area contributed by atoms with Crippen molar-refractivity contribution in [2.45, 2.75) is 26.0 Å². The molecule has 2 aliphatic heterocycles. The molecule has 40 heavy (non-hydrogen) atoms. The van der Waals surface area contributed by atoms with Crippen molar-refractivity contribution in [2.24, 2.45) is 0 Å². The number of benzene rings is 3. The number of aliphatic hydroxyl groups excluding tert-OH is 1. The molecule has 5 rings (SSSR count). The fraction of sp³-hybridized carbons (Fsp3) is 0.312. The van der Waals surface area contributed by atoms with E-state index in [4.69, 9.17) is 9.47 Å². The number of ether oxygens (including phenoxy) is 2. The summed E-state index contributed by atoms with van der Waals surface area (Å²) in [5.41, 5.74) is 3.55. The van der Waals surface area contributed by atoms with E-state index in [9.17, 15) is 14.7 Å². The smallest absolute Gasteiger partial charge is 0.295 e. The molecule has 0 saturated carbocycles. The van der Waals surface area contributed by atoms with Crippen molar-refractivity contribution in [1.82, 2.24) is 9.80 Å². The van der Waals surface area contributed by atoms with Crippen LogP contribution in [-0.2, 0) is 20.9 Å².